The Kier molecular flexibility index (Phi) is 7.27. The Bertz CT molecular complexity index is 1280. The van der Waals surface area contributed by atoms with Crippen LogP contribution in [0, 0.1) is 6.92 Å². The third kappa shape index (κ3) is 5.46. The summed E-state index contributed by atoms with van der Waals surface area (Å²) in [7, 11) is -2.05. The lowest BCUT2D eigenvalue weighted by molar-refractivity contribution is -0.114. The van der Waals surface area contributed by atoms with Crippen molar-refractivity contribution < 1.29 is 17.9 Å². The molecule has 176 valence electrons. The van der Waals surface area contributed by atoms with Gasteiger partial charge in [0, 0.05) is 7.05 Å². The van der Waals surface area contributed by atoms with Crippen molar-refractivity contribution in [2.24, 2.45) is 7.05 Å². The number of aromatic nitrogens is 2. The molecule has 0 fully saturated rings. The highest BCUT2D eigenvalue weighted by Gasteiger charge is 2.23. The highest BCUT2D eigenvalue weighted by Crippen LogP contribution is 2.22. The molecule has 3 rings (SSSR count). The number of sulfonamides is 1. The summed E-state index contributed by atoms with van der Waals surface area (Å²) in [4.78, 5) is 25.8. The van der Waals surface area contributed by atoms with Crippen LogP contribution in [0.2, 0.25) is 0 Å². The van der Waals surface area contributed by atoms with Crippen molar-refractivity contribution in [1.29, 1.82) is 0 Å². The molecule has 33 heavy (non-hydrogen) atoms. The number of nitrogens with zero attached hydrogens (tertiary/aromatic N) is 3. The summed E-state index contributed by atoms with van der Waals surface area (Å²) in [6.07, 6.45) is 1.88. The lowest BCUT2D eigenvalue weighted by Crippen LogP contribution is -2.38. The lowest BCUT2D eigenvalue weighted by atomic mass is 10.3. The molecule has 10 heteroatoms. The van der Waals surface area contributed by atoms with Gasteiger partial charge >= 0.3 is 0 Å². The van der Waals surface area contributed by atoms with E-state index in [4.69, 9.17) is 4.74 Å². The van der Waals surface area contributed by atoms with Crippen LogP contribution in [0.1, 0.15) is 19.0 Å². The monoisotopic (exact) mass is 472 g/mol. The van der Waals surface area contributed by atoms with E-state index in [-0.39, 0.29) is 5.69 Å². The molecule has 1 N–H and O–H groups in total. The fourth-order valence-corrected chi connectivity index (χ4v) is 4.21. The SMILES string of the molecule is CCCOc1ccc(N(CC(=O)Nc2c(C)n(C)n(-c3ccccc3)c2=O)S(C)(=O)=O)cc1. The number of ether oxygens (including phenoxy) is 1. The van der Waals surface area contributed by atoms with Gasteiger partial charge in [0.05, 0.1) is 29.9 Å². The van der Waals surface area contributed by atoms with Crippen LogP contribution < -0.4 is 19.9 Å². The summed E-state index contributed by atoms with van der Waals surface area (Å²) in [6, 6.07) is 15.5. The van der Waals surface area contributed by atoms with E-state index in [1.807, 2.05) is 25.1 Å². The molecule has 0 aliphatic heterocycles. The predicted molar refractivity (Wildman–Crippen MR) is 129 cm³/mol. The predicted octanol–water partition coefficient (Wildman–Crippen LogP) is 2.68. The first kappa shape index (κ1) is 24.1. The quantitative estimate of drug-likeness (QED) is 0.516. The van der Waals surface area contributed by atoms with Crippen molar-refractivity contribution in [3.8, 4) is 11.4 Å². The maximum Gasteiger partial charge on any atom is 0.295 e. The summed E-state index contributed by atoms with van der Waals surface area (Å²) < 4.78 is 34.4. The van der Waals surface area contributed by atoms with Gasteiger partial charge in [0.15, 0.2) is 0 Å². The van der Waals surface area contributed by atoms with Gasteiger partial charge in [0.2, 0.25) is 15.9 Å². The molecule has 0 spiro atoms. The highest BCUT2D eigenvalue weighted by atomic mass is 32.2. The fraction of sp³-hybridized carbons (Fsp3) is 0.304. The van der Waals surface area contributed by atoms with Crippen LogP contribution >= 0.6 is 0 Å². The number of carbonyl (C=O) groups excluding carboxylic acids is 1. The number of anilines is 2. The van der Waals surface area contributed by atoms with Gasteiger partial charge < -0.3 is 10.1 Å². The number of carbonyl (C=O) groups is 1. The second kappa shape index (κ2) is 9.95. The molecule has 1 aromatic heterocycles. The minimum atomic E-state index is -3.76. The first-order valence-electron chi connectivity index (χ1n) is 10.5. The number of hydrogen-bond acceptors (Lipinski definition) is 5. The molecule has 3 aromatic rings. The van der Waals surface area contributed by atoms with Crippen molar-refractivity contribution >= 4 is 27.3 Å². The zero-order chi connectivity index (χ0) is 24.2. The standard InChI is InChI=1S/C23H28N4O5S/c1-5-15-32-20-13-11-18(12-14-20)26(33(4,30)31)16-21(28)24-22-17(2)25(3)27(23(22)29)19-9-7-6-8-10-19/h6-14H,5,15-16H2,1-4H3,(H,24,28). The third-order valence-corrected chi connectivity index (χ3v) is 6.24. The van der Waals surface area contributed by atoms with Gasteiger partial charge in [-0.2, -0.15) is 0 Å². The van der Waals surface area contributed by atoms with Gasteiger partial charge in [-0.1, -0.05) is 25.1 Å². The third-order valence-electron chi connectivity index (χ3n) is 5.10. The van der Waals surface area contributed by atoms with Crippen molar-refractivity contribution in [2.45, 2.75) is 20.3 Å². The summed E-state index contributed by atoms with van der Waals surface area (Å²) in [6.45, 7) is 3.77. The zero-order valence-corrected chi connectivity index (χ0v) is 19.9. The van der Waals surface area contributed by atoms with E-state index >= 15 is 0 Å². The largest absolute Gasteiger partial charge is 0.494 e. The van der Waals surface area contributed by atoms with Gasteiger partial charge in [-0.05, 0) is 49.7 Å². The van der Waals surface area contributed by atoms with E-state index < -0.39 is 28.0 Å². The van der Waals surface area contributed by atoms with Crippen LogP contribution in [0.15, 0.2) is 59.4 Å². The minimum absolute atomic E-state index is 0.100. The molecular formula is C23H28N4O5S. The number of hydrogen-bond donors (Lipinski definition) is 1. The first-order valence-corrected chi connectivity index (χ1v) is 12.3. The number of amides is 1. The number of rotatable bonds is 9. The van der Waals surface area contributed by atoms with Crippen molar-refractivity contribution in [3.63, 3.8) is 0 Å². The molecule has 0 atom stereocenters. The molecule has 0 saturated carbocycles. The van der Waals surface area contributed by atoms with Gasteiger partial charge in [-0.25, -0.2) is 13.1 Å². The Morgan fingerprint density at radius 2 is 1.73 bits per heavy atom. The van der Waals surface area contributed by atoms with Gasteiger partial charge in [0.25, 0.3) is 5.56 Å². The van der Waals surface area contributed by atoms with Crippen LogP contribution in [0.5, 0.6) is 5.75 Å². The Hall–Kier alpha value is -3.53. The zero-order valence-electron chi connectivity index (χ0n) is 19.1. The summed E-state index contributed by atoms with van der Waals surface area (Å²) in [5, 5.41) is 2.60. The van der Waals surface area contributed by atoms with Gasteiger partial charge in [0.1, 0.15) is 18.0 Å². The molecule has 1 heterocycles. The lowest BCUT2D eigenvalue weighted by Gasteiger charge is -2.22. The second-order valence-corrected chi connectivity index (χ2v) is 9.50. The van der Waals surface area contributed by atoms with Crippen molar-refractivity contribution in [3.05, 3.63) is 70.6 Å². The number of para-hydroxylation sites is 1. The number of nitrogens with one attached hydrogen (secondary N) is 1. The van der Waals surface area contributed by atoms with Crippen LogP contribution in [0.25, 0.3) is 5.69 Å². The molecule has 0 radical (unpaired) electrons. The molecular weight excluding hydrogens is 444 g/mol. The van der Waals surface area contributed by atoms with E-state index in [0.717, 1.165) is 17.0 Å². The molecule has 0 aliphatic carbocycles. The van der Waals surface area contributed by atoms with Crippen molar-refractivity contribution in [1.82, 2.24) is 9.36 Å². The molecule has 0 aliphatic rings. The summed E-state index contributed by atoms with van der Waals surface area (Å²) >= 11 is 0. The number of benzene rings is 2. The normalized spacial score (nSPS) is 11.3. The van der Waals surface area contributed by atoms with Crippen molar-refractivity contribution in [2.75, 3.05) is 29.0 Å². The highest BCUT2D eigenvalue weighted by molar-refractivity contribution is 7.92. The van der Waals surface area contributed by atoms with Crippen LogP contribution in [0.3, 0.4) is 0 Å². The molecule has 2 aromatic carbocycles. The Balaban J connectivity index is 1.84. The molecule has 0 saturated heterocycles. The smallest absolute Gasteiger partial charge is 0.295 e. The first-order chi connectivity index (χ1) is 15.6. The minimum Gasteiger partial charge on any atom is -0.494 e. The average molecular weight is 473 g/mol. The Morgan fingerprint density at radius 3 is 2.30 bits per heavy atom. The topological polar surface area (TPSA) is 103 Å². The Morgan fingerprint density at radius 1 is 1.09 bits per heavy atom. The average Bonchev–Trinajstić information content (AvgIpc) is 2.99. The van der Waals surface area contributed by atoms with Crippen LogP contribution in [-0.4, -0.2) is 43.1 Å². The van der Waals surface area contributed by atoms with E-state index in [1.165, 1.54) is 4.68 Å². The summed E-state index contributed by atoms with van der Waals surface area (Å²) in [5.41, 5.74) is 1.21. The van der Waals surface area contributed by atoms with E-state index in [1.54, 1.807) is 55.1 Å². The van der Waals surface area contributed by atoms with Gasteiger partial charge in [-0.15, -0.1) is 0 Å². The second-order valence-electron chi connectivity index (χ2n) is 7.60. The van der Waals surface area contributed by atoms with E-state index in [9.17, 15) is 18.0 Å². The molecule has 0 bridgehead atoms. The Labute approximate surface area is 193 Å². The summed E-state index contributed by atoms with van der Waals surface area (Å²) in [5.74, 6) is -0.0161. The van der Waals surface area contributed by atoms with Gasteiger partial charge in [-0.3, -0.25) is 18.6 Å². The van der Waals surface area contributed by atoms with E-state index in [2.05, 4.69) is 5.32 Å². The maximum absolute atomic E-state index is 13.0. The van der Waals surface area contributed by atoms with Crippen LogP contribution in [-0.2, 0) is 21.9 Å². The van der Waals surface area contributed by atoms with Crippen LogP contribution in [0.4, 0.5) is 11.4 Å². The molecule has 1 amide bonds. The molecule has 0 unspecified atom stereocenters. The maximum atomic E-state index is 13.0. The molecule has 9 nitrogen and oxygen atoms in total. The van der Waals surface area contributed by atoms with E-state index in [0.29, 0.717) is 29.4 Å². The fourth-order valence-electron chi connectivity index (χ4n) is 3.35.